The lowest BCUT2D eigenvalue weighted by atomic mass is 10.2. The molecule has 0 radical (unpaired) electrons. The van der Waals surface area contributed by atoms with E-state index in [1.807, 2.05) is 26.0 Å². The van der Waals surface area contributed by atoms with Crippen molar-refractivity contribution in [1.29, 1.82) is 0 Å². The molecule has 0 aliphatic carbocycles. The lowest BCUT2D eigenvalue weighted by Gasteiger charge is -2.16. The van der Waals surface area contributed by atoms with Gasteiger partial charge in [-0.25, -0.2) is 0 Å². The summed E-state index contributed by atoms with van der Waals surface area (Å²) in [7, 11) is 4.70. The van der Waals surface area contributed by atoms with Crippen molar-refractivity contribution in [3.05, 3.63) is 23.2 Å². The average Bonchev–Trinajstić information content (AvgIpc) is 2.87. The molecule has 21 heavy (non-hydrogen) atoms. The SMILES string of the molecule is COc1cc(-n2c(Cl)nnc2C(C)C)cc(OC)c1OC. The van der Waals surface area contributed by atoms with Gasteiger partial charge in [0.25, 0.3) is 0 Å². The molecule has 7 heteroatoms. The Balaban J connectivity index is 2.68. The minimum atomic E-state index is 0.170. The number of nitrogens with zero attached hydrogens (tertiary/aromatic N) is 3. The van der Waals surface area contributed by atoms with Crippen LogP contribution in [0.2, 0.25) is 5.28 Å². The zero-order valence-corrected chi connectivity index (χ0v) is 13.4. The molecule has 0 aliphatic rings. The summed E-state index contributed by atoms with van der Waals surface area (Å²) in [5, 5.41) is 8.33. The zero-order chi connectivity index (χ0) is 15.6. The molecule has 0 saturated heterocycles. The molecule has 1 heterocycles. The molecule has 6 nitrogen and oxygen atoms in total. The van der Waals surface area contributed by atoms with Gasteiger partial charge in [0.2, 0.25) is 11.0 Å². The van der Waals surface area contributed by atoms with Gasteiger partial charge in [0, 0.05) is 18.1 Å². The number of hydrogen-bond acceptors (Lipinski definition) is 5. The van der Waals surface area contributed by atoms with E-state index < -0.39 is 0 Å². The lowest BCUT2D eigenvalue weighted by Crippen LogP contribution is -2.05. The van der Waals surface area contributed by atoms with Crippen LogP contribution < -0.4 is 14.2 Å². The van der Waals surface area contributed by atoms with Gasteiger partial charge in [-0.2, -0.15) is 0 Å². The number of benzene rings is 1. The molecule has 0 aliphatic heterocycles. The molecule has 0 fully saturated rings. The van der Waals surface area contributed by atoms with E-state index in [0.717, 1.165) is 11.5 Å². The van der Waals surface area contributed by atoms with Crippen LogP contribution in [0.3, 0.4) is 0 Å². The van der Waals surface area contributed by atoms with E-state index in [1.165, 1.54) is 0 Å². The van der Waals surface area contributed by atoms with Crippen LogP contribution in [0.4, 0.5) is 0 Å². The number of hydrogen-bond donors (Lipinski definition) is 0. The predicted molar refractivity (Wildman–Crippen MR) is 80.1 cm³/mol. The van der Waals surface area contributed by atoms with Gasteiger partial charge >= 0.3 is 0 Å². The number of methoxy groups -OCH3 is 3. The normalized spacial score (nSPS) is 10.8. The van der Waals surface area contributed by atoms with Gasteiger partial charge < -0.3 is 14.2 Å². The van der Waals surface area contributed by atoms with E-state index in [0.29, 0.717) is 17.2 Å². The molecule has 0 bridgehead atoms. The summed E-state index contributed by atoms with van der Waals surface area (Å²) in [6.45, 7) is 4.05. The Bertz CT molecular complexity index is 615. The molecular formula is C14H18ClN3O3. The second-order valence-electron chi connectivity index (χ2n) is 4.70. The minimum absolute atomic E-state index is 0.170. The van der Waals surface area contributed by atoms with Crippen molar-refractivity contribution >= 4 is 11.6 Å². The molecule has 114 valence electrons. The van der Waals surface area contributed by atoms with Crippen molar-refractivity contribution in [1.82, 2.24) is 14.8 Å². The van der Waals surface area contributed by atoms with Crippen LogP contribution in [-0.2, 0) is 0 Å². The van der Waals surface area contributed by atoms with Gasteiger partial charge in [0.05, 0.1) is 27.0 Å². The second kappa shape index (κ2) is 6.22. The molecule has 2 rings (SSSR count). The lowest BCUT2D eigenvalue weighted by molar-refractivity contribution is 0.324. The van der Waals surface area contributed by atoms with Crippen LogP contribution in [-0.4, -0.2) is 36.1 Å². The predicted octanol–water partition coefficient (Wildman–Crippen LogP) is 3.07. The highest BCUT2D eigenvalue weighted by molar-refractivity contribution is 6.28. The van der Waals surface area contributed by atoms with Gasteiger partial charge in [0.15, 0.2) is 11.5 Å². The average molecular weight is 312 g/mol. The first-order chi connectivity index (χ1) is 10.0. The van der Waals surface area contributed by atoms with E-state index in [-0.39, 0.29) is 11.2 Å². The van der Waals surface area contributed by atoms with Gasteiger partial charge in [-0.1, -0.05) is 13.8 Å². The Morgan fingerprint density at radius 3 is 2.00 bits per heavy atom. The van der Waals surface area contributed by atoms with Crippen molar-refractivity contribution in [2.75, 3.05) is 21.3 Å². The Kier molecular flexibility index (Phi) is 4.57. The molecule has 0 saturated carbocycles. The Hall–Kier alpha value is -1.95. The van der Waals surface area contributed by atoms with Crippen molar-refractivity contribution in [2.24, 2.45) is 0 Å². The third kappa shape index (κ3) is 2.76. The van der Waals surface area contributed by atoms with Crippen LogP contribution in [0.5, 0.6) is 17.2 Å². The summed E-state index contributed by atoms with van der Waals surface area (Å²) in [6.07, 6.45) is 0. The smallest absolute Gasteiger partial charge is 0.229 e. The van der Waals surface area contributed by atoms with Crippen LogP contribution in [0.1, 0.15) is 25.6 Å². The van der Waals surface area contributed by atoms with Gasteiger partial charge in [0.1, 0.15) is 5.82 Å². The van der Waals surface area contributed by atoms with Crippen LogP contribution in [0, 0.1) is 0 Å². The van der Waals surface area contributed by atoms with Crippen LogP contribution in [0.15, 0.2) is 12.1 Å². The quantitative estimate of drug-likeness (QED) is 0.849. The molecule has 0 N–H and O–H groups in total. The van der Waals surface area contributed by atoms with E-state index in [2.05, 4.69) is 10.2 Å². The summed E-state index contributed by atoms with van der Waals surface area (Å²) >= 11 is 6.16. The fourth-order valence-corrected chi connectivity index (χ4v) is 2.31. The maximum Gasteiger partial charge on any atom is 0.229 e. The number of halogens is 1. The molecule has 0 atom stereocenters. The maximum absolute atomic E-state index is 6.16. The van der Waals surface area contributed by atoms with E-state index in [9.17, 15) is 0 Å². The van der Waals surface area contributed by atoms with E-state index in [4.69, 9.17) is 25.8 Å². The molecule has 0 spiro atoms. The molecular weight excluding hydrogens is 294 g/mol. The highest BCUT2D eigenvalue weighted by Gasteiger charge is 2.19. The Labute approximate surface area is 128 Å². The summed E-state index contributed by atoms with van der Waals surface area (Å²) in [6, 6.07) is 3.62. The molecule has 1 aromatic heterocycles. The standard InChI is InChI=1S/C14H18ClN3O3/c1-8(2)13-16-17-14(15)18(13)9-6-10(19-3)12(21-5)11(7-9)20-4/h6-8H,1-5H3. The topological polar surface area (TPSA) is 58.4 Å². The molecule has 0 unspecified atom stereocenters. The number of rotatable bonds is 5. The van der Waals surface area contributed by atoms with Crippen molar-refractivity contribution in [3.63, 3.8) is 0 Å². The van der Waals surface area contributed by atoms with Crippen molar-refractivity contribution < 1.29 is 14.2 Å². The largest absolute Gasteiger partial charge is 0.493 e. The fourth-order valence-electron chi connectivity index (χ4n) is 2.09. The van der Waals surface area contributed by atoms with Crippen molar-refractivity contribution in [2.45, 2.75) is 19.8 Å². The molecule has 2 aromatic rings. The summed E-state index contributed by atoms with van der Waals surface area (Å²) < 4.78 is 17.8. The summed E-state index contributed by atoms with van der Waals surface area (Å²) in [4.78, 5) is 0. The Morgan fingerprint density at radius 2 is 1.57 bits per heavy atom. The number of ether oxygens (including phenoxy) is 3. The first-order valence-corrected chi connectivity index (χ1v) is 6.82. The van der Waals surface area contributed by atoms with Gasteiger partial charge in [-0.05, 0) is 11.6 Å². The van der Waals surface area contributed by atoms with Crippen LogP contribution in [0.25, 0.3) is 5.69 Å². The summed E-state index contributed by atoms with van der Waals surface area (Å²) in [5.41, 5.74) is 0.753. The first kappa shape index (κ1) is 15.4. The first-order valence-electron chi connectivity index (χ1n) is 6.44. The fraction of sp³-hybridized carbons (Fsp3) is 0.429. The zero-order valence-electron chi connectivity index (χ0n) is 12.7. The van der Waals surface area contributed by atoms with Gasteiger partial charge in [-0.15, -0.1) is 10.2 Å². The number of aromatic nitrogens is 3. The molecule has 0 amide bonds. The van der Waals surface area contributed by atoms with Gasteiger partial charge in [-0.3, -0.25) is 4.57 Å². The monoisotopic (exact) mass is 311 g/mol. The minimum Gasteiger partial charge on any atom is -0.493 e. The highest BCUT2D eigenvalue weighted by Crippen LogP contribution is 2.40. The summed E-state index contributed by atoms with van der Waals surface area (Å²) in [5.74, 6) is 2.55. The van der Waals surface area contributed by atoms with E-state index in [1.54, 1.807) is 25.9 Å². The highest BCUT2D eigenvalue weighted by atomic mass is 35.5. The third-order valence-corrected chi connectivity index (χ3v) is 3.32. The van der Waals surface area contributed by atoms with E-state index >= 15 is 0 Å². The maximum atomic E-state index is 6.16. The Morgan fingerprint density at radius 1 is 1.00 bits per heavy atom. The molecule has 1 aromatic carbocycles. The second-order valence-corrected chi connectivity index (χ2v) is 5.04. The van der Waals surface area contributed by atoms with Crippen molar-refractivity contribution in [3.8, 4) is 22.9 Å². The third-order valence-electron chi connectivity index (χ3n) is 3.07. The van der Waals surface area contributed by atoms with Crippen LogP contribution >= 0.6 is 11.6 Å².